The number of aryl methyl sites for hydroxylation is 2. The number of hydrogen-bond acceptors (Lipinski definition) is 4. The number of nitrogens with one attached hydrogen (secondary N) is 1. The van der Waals surface area contributed by atoms with E-state index in [4.69, 9.17) is 4.52 Å². The lowest BCUT2D eigenvalue weighted by molar-refractivity contribution is 0.0955. The van der Waals surface area contributed by atoms with Crippen LogP contribution in [0.15, 0.2) is 53.1 Å². The Hall–Kier alpha value is -3.21. The van der Waals surface area contributed by atoms with E-state index in [1.54, 1.807) is 6.07 Å². The van der Waals surface area contributed by atoms with Crippen LogP contribution in [-0.2, 0) is 6.42 Å². The van der Waals surface area contributed by atoms with E-state index in [1.807, 2.05) is 26.0 Å². The molecular formula is C21H19N3O2. The molecule has 1 N–H and O–H groups in total. The third-order valence-electron chi connectivity index (χ3n) is 4.55. The number of carbonyl (C=O) groups excluding carboxylic acids is 1. The van der Waals surface area contributed by atoms with Crippen LogP contribution in [0.2, 0.25) is 0 Å². The van der Waals surface area contributed by atoms with E-state index in [0.717, 1.165) is 12.1 Å². The van der Waals surface area contributed by atoms with E-state index in [2.05, 4.69) is 45.8 Å². The van der Waals surface area contributed by atoms with Gasteiger partial charge in [-0.25, -0.2) is 4.98 Å². The summed E-state index contributed by atoms with van der Waals surface area (Å²) in [6.07, 6.45) is 0.767. The first-order chi connectivity index (χ1) is 12.6. The Labute approximate surface area is 151 Å². The predicted molar refractivity (Wildman–Crippen MR) is 101 cm³/mol. The quantitative estimate of drug-likeness (QED) is 0.608. The van der Waals surface area contributed by atoms with Crippen LogP contribution < -0.4 is 5.32 Å². The highest BCUT2D eigenvalue weighted by molar-refractivity contribution is 6.06. The van der Waals surface area contributed by atoms with Gasteiger partial charge in [0, 0.05) is 12.2 Å². The summed E-state index contributed by atoms with van der Waals surface area (Å²) in [4.78, 5) is 17.0. The maximum absolute atomic E-state index is 12.7. The van der Waals surface area contributed by atoms with E-state index in [1.165, 1.54) is 16.3 Å². The standard InChI is InChI=1S/C21H19N3O2/c1-13-12-18(19-14(2)24-26-21(19)23-13)20(25)22-11-10-16-8-5-7-15-6-3-4-9-17(15)16/h3-9,12H,10-11H2,1-2H3,(H,22,25). The fraction of sp³-hybridized carbons (Fsp3) is 0.190. The smallest absolute Gasteiger partial charge is 0.258 e. The Morgan fingerprint density at radius 1 is 1.12 bits per heavy atom. The number of aromatic nitrogens is 2. The Bertz CT molecular complexity index is 1110. The van der Waals surface area contributed by atoms with Crippen LogP contribution in [-0.4, -0.2) is 22.6 Å². The third kappa shape index (κ3) is 2.92. The Morgan fingerprint density at radius 2 is 1.92 bits per heavy atom. The number of nitrogens with zero attached hydrogens (tertiary/aromatic N) is 2. The summed E-state index contributed by atoms with van der Waals surface area (Å²) in [6.45, 7) is 4.21. The molecule has 26 heavy (non-hydrogen) atoms. The maximum Gasteiger partial charge on any atom is 0.258 e. The third-order valence-corrected chi connectivity index (χ3v) is 4.55. The van der Waals surface area contributed by atoms with E-state index >= 15 is 0 Å². The van der Waals surface area contributed by atoms with Gasteiger partial charge in [0.2, 0.25) is 0 Å². The van der Waals surface area contributed by atoms with Gasteiger partial charge in [-0.3, -0.25) is 4.79 Å². The summed E-state index contributed by atoms with van der Waals surface area (Å²) in [6, 6.07) is 16.3. The highest BCUT2D eigenvalue weighted by Crippen LogP contribution is 2.22. The van der Waals surface area contributed by atoms with E-state index < -0.39 is 0 Å². The number of hydrogen-bond donors (Lipinski definition) is 1. The monoisotopic (exact) mass is 345 g/mol. The van der Waals surface area contributed by atoms with Crippen molar-refractivity contribution < 1.29 is 9.32 Å². The fourth-order valence-electron chi connectivity index (χ4n) is 3.31. The molecule has 0 bridgehead atoms. The first-order valence-electron chi connectivity index (χ1n) is 8.62. The molecule has 0 saturated heterocycles. The molecule has 130 valence electrons. The molecule has 2 aromatic carbocycles. The number of fused-ring (bicyclic) bond motifs is 2. The van der Waals surface area contributed by atoms with Gasteiger partial charge in [0.15, 0.2) is 0 Å². The number of benzene rings is 2. The minimum Gasteiger partial charge on any atom is -0.352 e. The number of rotatable bonds is 4. The molecule has 0 spiro atoms. The molecule has 5 heteroatoms. The second-order valence-electron chi connectivity index (χ2n) is 6.40. The molecule has 5 nitrogen and oxygen atoms in total. The number of carbonyl (C=O) groups is 1. The summed E-state index contributed by atoms with van der Waals surface area (Å²) in [5, 5.41) is 10.1. The lowest BCUT2D eigenvalue weighted by Gasteiger charge is -2.09. The Morgan fingerprint density at radius 3 is 2.81 bits per heavy atom. The van der Waals surface area contributed by atoms with Crippen molar-refractivity contribution in [2.75, 3.05) is 6.54 Å². The molecule has 2 heterocycles. The molecule has 0 saturated carbocycles. The van der Waals surface area contributed by atoms with Crippen molar-refractivity contribution in [2.24, 2.45) is 0 Å². The van der Waals surface area contributed by atoms with Crippen molar-refractivity contribution in [3.8, 4) is 0 Å². The molecule has 0 aliphatic carbocycles. The van der Waals surface area contributed by atoms with E-state index in [-0.39, 0.29) is 5.91 Å². The molecule has 4 aromatic rings. The van der Waals surface area contributed by atoms with E-state index in [9.17, 15) is 4.79 Å². The molecule has 0 aliphatic rings. The van der Waals surface area contributed by atoms with Crippen molar-refractivity contribution in [1.82, 2.24) is 15.5 Å². The fourth-order valence-corrected chi connectivity index (χ4v) is 3.31. The van der Waals surface area contributed by atoms with Gasteiger partial charge in [-0.05, 0) is 42.7 Å². The average molecular weight is 345 g/mol. The first-order valence-corrected chi connectivity index (χ1v) is 8.62. The molecule has 0 fully saturated rings. The van der Waals surface area contributed by atoms with Gasteiger partial charge in [-0.2, -0.15) is 0 Å². The van der Waals surface area contributed by atoms with Gasteiger partial charge < -0.3 is 9.84 Å². The van der Waals surface area contributed by atoms with Gasteiger partial charge >= 0.3 is 0 Å². The molecule has 0 atom stereocenters. The van der Waals surface area contributed by atoms with Crippen molar-refractivity contribution in [1.29, 1.82) is 0 Å². The lowest BCUT2D eigenvalue weighted by Crippen LogP contribution is -2.26. The molecule has 0 radical (unpaired) electrons. The summed E-state index contributed by atoms with van der Waals surface area (Å²) < 4.78 is 5.20. The van der Waals surface area contributed by atoms with Gasteiger partial charge in [0.05, 0.1) is 16.6 Å². The van der Waals surface area contributed by atoms with Gasteiger partial charge in [0.25, 0.3) is 11.6 Å². The Balaban J connectivity index is 1.54. The zero-order chi connectivity index (χ0) is 18.1. The molecule has 2 aromatic heterocycles. The van der Waals surface area contributed by atoms with Gasteiger partial charge in [-0.15, -0.1) is 0 Å². The Kier molecular flexibility index (Phi) is 4.13. The summed E-state index contributed by atoms with van der Waals surface area (Å²) in [5.41, 5.74) is 3.59. The second kappa shape index (κ2) is 6.59. The first kappa shape index (κ1) is 16.3. The van der Waals surface area contributed by atoms with Crippen LogP contribution in [0.25, 0.3) is 21.9 Å². The van der Waals surface area contributed by atoms with Crippen molar-refractivity contribution in [2.45, 2.75) is 20.3 Å². The minimum absolute atomic E-state index is 0.132. The zero-order valence-corrected chi connectivity index (χ0v) is 14.7. The zero-order valence-electron chi connectivity index (χ0n) is 14.7. The van der Waals surface area contributed by atoms with Gasteiger partial charge in [-0.1, -0.05) is 47.6 Å². The lowest BCUT2D eigenvalue weighted by atomic mass is 10.0. The highest BCUT2D eigenvalue weighted by atomic mass is 16.5. The summed E-state index contributed by atoms with van der Waals surface area (Å²) in [5.74, 6) is -0.132. The molecular weight excluding hydrogens is 326 g/mol. The molecule has 1 amide bonds. The maximum atomic E-state index is 12.7. The van der Waals surface area contributed by atoms with Crippen LogP contribution in [0.5, 0.6) is 0 Å². The normalized spacial score (nSPS) is 11.2. The van der Waals surface area contributed by atoms with Crippen molar-refractivity contribution >= 4 is 27.8 Å². The van der Waals surface area contributed by atoms with Crippen molar-refractivity contribution in [3.63, 3.8) is 0 Å². The molecule has 0 aliphatic heterocycles. The van der Waals surface area contributed by atoms with Crippen LogP contribution in [0.3, 0.4) is 0 Å². The predicted octanol–water partition coefficient (Wildman–Crippen LogP) is 3.97. The average Bonchev–Trinajstić information content (AvgIpc) is 3.02. The number of pyridine rings is 1. The van der Waals surface area contributed by atoms with Crippen LogP contribution in [0.1, 0.15) is 27.3 Å². The SMILES string of the molecule is Cc1cc(C(=O)NCCc2cccc3ccccc23)c2c(C)noc2n1. The minimum atomic E-state index is -0.132. The molecule has 0 unspecified atom stereocenters. The van der Waals surface area contributed by atoms with Crippen LogP contribution in [0, 0.1) is 13.8 Å². The summed E-state index contributed by atoms with van der Waals surface area (Å²) >= 11 is 0. The summed E-state index contributed by atoms with van der Waals surface area (Å²) in [7, 11) is 0. The second-order valence-corrected chi connectivity index (χ2v) is 6.40. The molecule has 4 rings (SSSR count). The largest absolute Gasteiger partial charge is 0.352 e. The van der Waals surface area contributed by atoms with Crippen LogP contribution >= 0.6 is 0 Å². The van der Waals surface area contributed by atoms with Crippen molar-refractivity contribution in [3.05, 3.63) is 71.0 Å². The number of amides is 1. The van der Waals surface area contributed by atoms with Gasteiger partial charge in [0.1, 0.15) is 0 Å². The topological polar surface area (TPSA) is 68.0 Å². The van der Waals surface area contributed by atoms with E-state index in [0.29, 0.717) is 28.9 Å². The highest BCUT2D eigenvalue weighted by Gasteiger charge is 2.17. The van der Waals surface area contributed by atoms with Crippen LogP contribution in [0.4, 0.5) is 0 Å².